The van der Waals surface area contributed by atoms with E-state index in [9.17, 15) is 18.3 Å². The quantitative estimate of drug-likeness (QED) is 0.614. The summed E-state index contributed by atoms with van der Waals surface area (Å²) in [6.45, 7) is 0. The molecule has 0 bridgehead atoms. The molecule has 0 amide bonds. The molecule has 94 valence electrons. The van der Waals surface area contributed by atoms with Gasteiger partial charge in [-0.1, -0.05) is 0 Å². The minimum absolute atomic E-state index is 0.0146. The number of H-pyrrole nitrogens is 1. The van der Waals surface area contributed by atoms with Crippen molar-refractivity contribution in [1.82, 2.24) is 15.2 Å². The Morgan fingerprint density at radius 2 is 2.00 bits per heavy atom. The summed E-state index contributed by atoms with van der Waals surface area (Å²) in [6.07, 6.45) is -0.0292. The van der Waals surface area contributed by atoms with Gasteiger partial charge in [-0.15, -0.1) is 5.10 Å². The van der Waals surface area contributed by atoms with Gasteiger partial charge >= 0.3 is 5.97 Å². The van der Waals surface area contributed by atoms with Crippen LogP contribution >= 0.6 is 0 Å². The summed E-state index contributed by atoms with van der Waals surface area (Å²) >= 11 is 0. The van der Waals surface area contributed by atoms with Crippen LogP contribution in [0.25, 0.3) is 0 Å². The number of nitrogen functional groups attached to an aromatic ring is 1. The molecule has 17 heavy (non-hydrogen) atoms. The molecule has 0 atom stereocenters. The highest BCUT2D eigenvalue weighted by Crippen LogP contribution is 2.34. The number of carboxylic acid groups (broad SMARTS) is 1. The molecule has 1 aromatic rings. The summed E-state index contributed by atoms with van der Waals surface area (Å²) in [6, 6.07) is 0. The molecule has 0 aromatic carbocycles. The molecule has 1 aromatic heterocycles. The Bertz CT molecular complexity index is 536. The summed E-state index contributed by atoms with van der Waals surface area (Å²) < 4.78 is 22.7. The molecule has 2 heterocycles. The van der Waals surface area contributed by atoms with Gasteiger partial charge in [-0.2, -0.15) is 4.98 Å². The van der Waals surface area contributed by atoms with E-state index in [0.29, 0.717) is 0 Å². The Balaban J connectivity index is 2.39. The molecule has 4 N–H and O–H groups in total. The molecule has 0 spiro atoms. The van der Waals surface area contributed by atoms with Gasteiger partial charge in [0.25, 0.3) is 0 Å². The van der Waals surface area contributed by atoms with Crippen LogP contribution < -0.4 is 5.73 Å². The van der Waals surface area contributed by atoms with Gasteiger partial charge in [-0.05, 0) is 12.8 Å². The van der Waals surface area contributed by atoms with Crippen molar-refractivity contribution < 1.29 is 18.3 Å². The van der Waals surface area contributed by atoms with Gasteiger partial charge in [-0.3, -0.25) is 9.89 Å². The Morgan fingerprint density at radius 3 is 2.41 bits per heavy atom. The smallest absolute Gasteiger partial charge is 0.317 e. The Morgan fingerprint density at radius 1 is 1.41 bits per heavy atom. The molecular formula is C8H12N4O4S. The van der Waals surface area contributed by atoms with Crippen LogP contribution in [-0.2, 0) is 20.0 Å². The first-order valence-corrected chi connectivity index (χ1v) is 6.80. The molecule has 1 saturated heterocycles. The van der Waals surface area contributed by atoms with Crippen molar-refractivity contribution in [3.63, 3.8) is 0 Å². The lowest BCUT2D eigenvalue weighted by molar-refractivity contribution is -0.144. The lowest BCUT2D eigenvalue weighted by atomic mass is 9.81. The predicted octanol–water partition coefficient (Wildman–Crippen LogP) is -1.08. The maximum Gasteiger partial charge on any atom is 0.317 e. The van der Waals surface area contributed by atoms with E-state index in [-0.39, 0.29) is 36.1 Å². The van der Waals surface area contributed by atoms with Gasteiger partial charge in [0.2, 0.25) is 5.95 Å². The van der Waals surface area contributed by atoms with Crippen LogP contribution in [0.1, 0.15) is 18.7 Å². The number of aromatic nitrogens is 3. The standard InChI is InChI=1S/C8H12N4O4S/c9-7-10-5(11-12-7)8(6(13)14)1-3-17(15,16)4-2-8/h1-4H2,(H,13,14)(H3,9,10,11,12). The van der Waals surface area contributed by atoms with Gasteiger partial charge in [0.1, 0.15) is 21.1 Å². The van der Waals surface area contributed by atoms with Crippen molar-refractivity contribution in [2.45, 2.75) is 18.3 Å². The van der Waals surface area contributed by atoms with E-state index in [2.05, 4.69) is 15.2 Å². The highest BCUT2D eigenvalue weighted by Gasteiger charge is 2.47. The van der Waals surface area contributed by atoms with Crippen molar-refractivity contribution in [3.8, 4) is 0 Å². The van der Waals surface area contributed by atoms with Crippen molar-refractivity contribution in [2.75, 3.05) is 17.2 Å². The average molecular weight is 260 g/mol. The number of aliphatic carboxylic acids is 1. The fourth-order valence-corrected chi connectivity index (χ4v) is 3.45. The van der Waals surface area contributed by atoms with E-state index >= 15 is 0 Å². The molecule has 2 rings (SSSR count). The third kappa shape index (κ3) is 1.97. The van der Waals surface area contributed by atoms with E-state index in [1.54, 1.807) is 0 Å². The van der Waals surface area contributed by atoms with Crippen molar-refractivity contribution >= 4 is 21.8 Å². The van der Waals surface area contributed by atoms with Gasteiger partial charge in [-0.25, -0.2) is 8.42 Å². The number of hydrogen-bond acceptors (Lipinski definition) is 6. The summed E-state index contributed by atoms with van der Waals surface area (Å²) in [4.78, 5) is 15.2. The van der Waals surface area contributed by atoms with Crippen LogP contribution in [0.3, 0.4) is 0 Å². The number of anilines is 1. The number of aromatic amines is 1. The number of nitrogens with zero attached hydrogens (tertiary/aromatic N) is 2. The topological polar surface area (TPSA) is 139 Å². The molecule has 1 fully saturated rings. The van der Waals surface area contributed by atoms with E-state index in [0.717, 1.165) is 0 Å². The fourth-order valence-electron chi connectivity index (χ4n) is 1.93. The Labute approximate surface area is 97.2 Å². The van der Waals surface area contributed by atoms with E-state index in [1.807, 2.05) is 0 Å². The average Bonchev–Trinajstić information content (AvgIpc) is 2.65. The third-order valence-corrected chi connectivity index (χ3v) is 4.70. The van der Waals surface area contributed by atoms with Crippen LogP contribution in [0.5, 0.6) is 0 Å². The first kappa shape index (κ1) is 11.8. The lowest BCUT2D eigenvalue weighted by Gasteiger charge is -2.30. The number of sulfone groups is 1. The van der Waals surface area contributed by atoms with Gasteiger partial charge in [0.15, 0.2) is 0 Å². The number of hydrogen-bond donors (Lipinski definition) is 3. The molecule has 0 aliphatic carbocycles. The van der Waals surface area contributed by atoms with Crippen molar-refractivity contribution in [3.05, 3.63) is 5.82 Å². The van der Waals surface area contributed by atoms with E-state index in [1.165, 1.54) is 0 Å². The largest absolute Gasteiger partial charge is 0.480 e. The summed E-state index contributed by atoms with van der Waals surface area (Å²) in [5, 5.41) is 15.3. The molecule has 0 radical (unpaired) electrons. The van der Waals surface area contributed by atoms with Gasteiger partial charge < -0.3 is 10.8 Å². The molecule has 1 aliphatic rings. The lowest BCUT2D eigenvalue weighted by Crippen LogP contribution is -2.44. The molecule has 9 heteroatoms. The monoisotopic (exact) mass is 260 g/mol. The first-order chi connectivity index (χ1) is 7.86. The van der Waals surface area contributed by atoms with E-state index in [4.69, 9.17) is 5.73 Å². The van der Waals surface area contributed by atoms with E-state index < -0.39 is 21.2 Å². The third-order valence-electron chi connectivity index (χ3n) is 3.05. The Hall–Kier alpha value is -1.64. The molecular weight excluding hydrogens is 248 g/mol. The number of nitrogens with two attached hydrogens (primary N) is 1. The predicted molar refractivity (Wildman–Crippen MR) is 58.0 cm³/mol. The summed E-state index contributed by atoms with van der Waals surface area (Å²) in [5.41, 5.74) is 4.01. The molecule has 0 saturated carbocycles. The minimum atomic E-state index is -3.15. The minimum Gasteiger partial charge on any atom is -0.480 e. The fraction of sp³-hybridized carbons (Fsp3) is 0.625. The van der Waals surface area contributed by atoms with Crippen molar-refractivity contribution in [1.29, 1.82) is 0 Å². The second-order valence-electron chi connectivity index (χ2n) is 4.08. The second kappa shape index (κ2) is 3.69. The van der Waals surface area contributed by atoms with Crippen LogP contribution in [0, 0.1) is 0 Å². The van der Waals surface area contributed by atoms with Crippen LogP contribution in [-0.4, -0.2) is 46.2 Å². The molecule has 0 unspecified atom stereocenters. The second-order valence-corrected chi connectivity index (χ2v) is 6.38. The number of rotatable bonds is 2. The van der Waals surface area contributed by atoms with Gasteiger partial charge in [0, 0.05) is 0 Å². The Kier molecular flexibility index (Phi) is 2.57. The zero-order valence-corrected chi connectivity index (χ0v) is 9.70. The number of carboxylic acids is 1. The normalized spacial score (nSPS) is 22.1. The number of carbonyl (C=O) groups is 1. The molecule has 1 aliphatic heterocycles. The van der Waals surface area contributed by atoms with Gasteiger partial charge in [0.05, 0.1) is 11.5 Å². The molecule has 8 nitrogen and oxygen atoms in total. The zero-order chi connectivity index (χ0) is 12.7. The first-order valence-electron chi connectivity index (χ1n) is 4.98. The zero-order valence-electron chi connectivity index (χ0n) is 8.88. The maximum atomic E-state index is 11.4. The number of nitrogens with one attached hydrogen (secondary N) is 1. The SMILES string of the molecule is Nc1n[nH]c(C2(C(=O)O)CCS(=O)(=O)CC2)n1. The summed E-state index contributed by atoms with van der Waals surface area (Å²) in [5.74, 6) is -1.37. The highest BCUT2D eigenvalue weighted by molar-refractivity contribution is 7.91. The highest BCUT2D eigenvalue weighted by atomic mass is 32.2. The maximum absolute atomic E-state index is 11.4. The van der Waals surface area contributed by atoms with Crippen LogP contribution in [0.15, 0.2) is 0 Å². The van der Waals surface area contributed by atoms with Crippen LogP contribution in [0.2, 0.25) is 0 Å². The summed E-state index contributed by atoms with van der Waals surface area (Å²) in [7, 11) is -3.15. The van der Waals surface area contributed by atoms with Crippen molar-refractivity contribution in [2.24, 2.45) is 0 Å². The van der Waals surface area contributed by atoms with Crippen LogP contribution in [0.4, 0.5) is 5.95 Å².